The molecule has 0 aromatic carbocycles. The van der Waals surface area contributed by atoms with Crippen molar-refractivity contribution >= 4 is 0 Å². The summed E-state index contributed by atoms with van der Waals surface area (Å²) in [5.41, 5.74) is 2.72. The fourth-order valence-corrected chi connectivity index (χ4v) is 1.18. The molecule has 0 bridgehead atoms. The molecule has 0 saturated heterocycles. The van der Waals surface area contributed by atoms with Gasteiger partial charge in [-0.15, -0.1) is 0 Å². The first kappa shape index (κ1) is 13.2. The van der Waals surface area contributed by atoms with Crippen molar-refractivity contribution in [2.24, 2.45) is 0 Å². The van der Waals surface area contributed by atoms with E-state index in [1.165, 1.54) is 36.8 Å². The molecule has 0 fully saturated rings. The minimum absolute atomic E-state index is 1.22. The van der Waals surface area contributed by atoms with Gasteiger partial charge in [-0.1, -0.05) is 55.2 Å². The number of hydrogen-bond donors (Lipinski definition) is 0. The molecule has 0 rings (SSSR count). The molecule has 0 amide bonds. The van der Waals surface area contributed by atoms with Crippen LogP contribution in [0.25, 0.3) is 0 Å². The van der Waals surface area contributed by atoms with Gasteiger partial charge in [0.15, 0.2) is 0 Å². The fraction of sp³-hybridized carbons (Fsp3) is 0.571. The first-order valence-electron chi connectivity index (χ1n) is 5.65. The molecule has 0 aliphatic rings. The summed E-state index contributed by atoms with van der Waals surface area (Å²) in [5.74, 6) is 0. The molecule has 0 saturated carbocycles. The highest BCUT2D eigenvalue weighted by Gasteiger charge is 1.84. The van der Waals surface area contributed by atoms with Crippen molar-refractivity contribution < 1.29 is 0 Å². The Balaban J connectivity index is 3.77. The van der Waals surface area contributed by atoms with Crippen LogP contribution >= 0.6 is 0 Å². The van der Waals surface area contributed by atoms with Crippen molar-refractivity contribution in [1.82, 2.24) is 0 Å². The maximum Gasteiger partial charge on any atom is -0.0345 e. The van der Waals surface area contributed by atoms with Crippen molar-refractivity contribution in [3.63, 3.8) is 0 Å². The Morgan fingerprint density at radius 1 is 1.07 bits per heavy atom. The Morgan fingerprint density at radius 3 is 2.36 bits per heavy atom. The molecule has 0 aliphatic heterocycles. The van der Waals surface area contributed by atoms with E-state index < -0.39 is 0 Å². The molecular formula is C14H24. The summed E-state index contributed by atoms with van der Waals surface area (Å²) in [6.45, 7) is 8.64. The maximum atomic E-state index is 2.32. The predicted molar refractivity (Wildman–Crippen MR) is 66.5 cm³/mol. The average Bonchev–Trinajstić information content (AvgIpc) is 2.12. The van der Waals surface area contributed by atoms with E-state index in [-0.39, 0.29) is 0 Å². The lowest BCUT2D eigenvalue weighted by Gasteiger charge is -1.94. The summed E-state index contributed by atoms with van der Waals surface area (Å²) < 4.78 is 0. The zero-order valence-electron chi connectivity index (χ0n) is 10.1. The molecule has 0 nitrogen and oxygen atoms in total. The van der Waals surface area contributed by atoms with Gasteiger partial charge in [-0.3, -0.25) is 0 Å². The minimum Gasteiger partial charge on any atom is -0.0816 e. The largest absolute Gasteiger partial charge is 0.0816 e. The third-order valence-corrected chi connectivity index (χ3v) is 2.06. The molecule has 0 aromatic rings. The summed E-state index contributed by atoms with van der Waals surface area (Å²) in [7, 11) is 0. The zero-order valence-corrected chi connectivity index (χ0v) is 10.1. The molecule has 0 heterocycles. The van der Waals surface area contributed by atoms with E-state index in [0.29, 0.717) is 0 Å². The van der Waals surface area contributed by atoms with Crippen LogP contribution in [0, 0.1) is 0 Å². The van der Waals surface area contributed by atoms with E-state index in [1.807, 2.05) is 0 Å². The van der Waals surface area contributed by atoms with Crippen molar-refractivity contribution in [3.05, 3.63) is 35.5 Å². The van der Waals surface area contributed by atoms with E-state index in [9.17, 15) is 0 Å². The summed E-state index contributed by atoms with van der Waals surface area (Å²) in [6, 6.07) is 0. The van der Waals surface area contributed by atoms with E-state index in [2.05, 4.69) is 52.0 Å². The molecule has 14 heavy (non-hydrogen) atoms. The SMILES string of the molecule is CCCCC/C=C(C)/C=C/C=C(C)C. The van der Waals surface area contributed by atoms with Crippen molar-refractivity contribution in [3.8, 4) is 0 Å². The van der Waals surface area contributed by atoms with Gasteiger partial charge in [-0.25, -0.2) is 0 Å². The summed E-state index contributed by atoms with van der Waals surface area (Å²) >= 11 is 0. The maximum absolute atomic E-state index is 2.32. The van der Waals surface area contributed by atoms with Crippen LogP contribution < -0.4 is 0 Å². The van der Waals surface area contributed by atoms with Gasteiger partial charge < -0.3 is 0 Å². The summed E-state index contributed by atoms with van der Waals surface area (Å²) in [5, 5.41) is 0. The topological polar surface area (TPSA) is 0 Å². The Hall–Kier alpha value is -0.780. The monoisotopic (exact) mass is 192 g/mol. The highest BCUT2D eigenvalue weighted by atomic mass is 13.9. The van der Waals surface area contributed by atoms with Crippen LogP contribution in [0.15, 0.2) is 35.5 Å². The third kappa shape index (κ3) is 9.31. The van der Waals surface area contributed by atoms with Gasteiger partial charge in [0.25, 0.3) is 0 Å². The lowest BCUT2D eigenvalue weighted by molar-refractivity contribution is 0.728. The van der Waals surface area contributed by atoms with E-state index >= 15 is 0 Å². The van der Waals surface area contributed by atoms with E-state index in [1.54, 1.807) is 0 Å². The van der Waals surface area contributed by atoms with Crippen molar-refractivity contribution in [2.75, 3.05) is 0 Å². The lowest BCUT2D eigenvalue weighted by atomic mass is 10.1. The van der Waals surface area contributed by atoms with E-state index in [0.717, 1.165) is 0 Å². The van der Waals surface area contributed by atoms with Crippen LogP contribution in [0.2, 0.25) is 0 Å². The Morgan fingerprint density at radius 2 is 1.79 bits per heavy atom. The van der Waals surface area contributed by atoms with Crippen LogP contribution in [0.4, 0.5) is 0 Å². The van der Waals surface area contributed by atoms with Gasteiger partial charge in [0, 0.05) is 0 Å². The quantitative estimate of drug-likeness (QED) is 0.409. The summed E-state index contributed by atoms with van der Waals surface area (Å²) in [6.07, 6.45) is 14.0. The third-order valence-electron chi connectivity index (χ3n) is 2.06. The second-order valence-corrected chi connectivity index (χ2v) is 4.05. The standard InChI is InChI=1S/C14H24/c1-5-6-7-8-11-14(4)12-9-10-13(2)3/h9-12H,5-8H2,1-4H3/b12-9+,14-11+. The van der Waals surface area contributed by atoms with E-state index in [4.69, 9.17) is 0 Å². The van der Waals surface area contributed by atoms with Gasteiger partial charge in [0.2, 0.25) is 0 Å². The molecule has 0 unspecified atom stereocenters. The molecular weight excluding hydrogens is 168 g/mol. The Kier molecular flexibility index (Phi) is 8.31. The van der Waals surface area contributed by atoms with Gasteiger partial charge in [-0.05, 0) is 33.6 Å². The minimum atomic E-state index is 1.22. The van der Waals surface area contributed by atoms with Crippen LogP contribution in [-0.4, -0.2) is 0 Å². The van der Waals surface area contributed by atoms with Crippen LogP contribution in [-0.2, 0) is 0 Å². The molecule has 0 aromatic heterocycles. The molecule has 80 valence electrons. The molecule has 0 radical (unpaired) electrons. The molecule has 0 heteroatoms. The van der Waals surface area contributed by atoms with Gasteiger partial charge in [0.05, 0.1) is 0 Å². The van der Waals surface area contributed by atoms with Gasteiger partial charge in [-0.2, -0.15) is 0 Å². The fourth-order valence-electron chi connectivity index (χ4n) is 1.18. The highest BCUT2D eigenvalue weighted by molar-refractivity contribution is 5.21. The van der Waals surface area contributed by atoms with Gasteiger partial charge >= 0.3 is 0 Å². The number of unbranched alkanes of at least 4 members (excludes halogenated alkanes) is 3. The van der Waals surface area contributed by atoms with Crippen LogP contribution in [0.1, 0.15) is 53.4 Å². The number of rotatable bonds is 6. The van der Waals surface area contributed by atoms with Gasteiger partial charge in [0.1, 0.15) is 0 Å². The normalized spacial score (nSPS) is 12.1. The summed E-state index contributed by atoms with van der Waals surface area (Å²) in [4.78, 5) is 0. The molecule has 0 aliphatic carbocycles. The predicted octanol–water partition coefficient (Wildman–Crippen LogP) is 5.04. The zero-order chi connectivity index (χ0) is 10.8. The number of allylic oxidation sites excluding steroid dienone is 6. The van der Waals surface area contributed by atoms with Crippen molar-refractivity contribution in [1.29, 1.82) is 0 Å². The Labute approximate surface area is 89.4 Å². The molecule has 0 N–H and O–H groups in total. The van der Waals surface area contributed by atoms with Crippen LogP contribution in [0.5, 0.6) is 0 Å². The first-order chi connectivity index (χ1) is 6.66. The average molecular weight is 192 g/mol. The smallest absolute Gasteiger partial charge is 0.0345 e. The van der Waals surface area contributed by atoms with Crippen molar-refractivity contribution in [2.45, 2.75) is 53.4 Å². The highest BCUT2D eigenvalue weighted by Crippen LogP contribution is 2.04. The number of hydrogen-bond acceptors (Lipinski definition) is 0. The second kappa shape index (κ2) is 8.80. The lowest BCUT2D eigenvalue weighted by Crippen LogP contribution is -1.73. The molecule has 0 atom stereocenters. The Bertz CT molecular complexity index is 212. The first-order valence-corrected chi connectivity index (χ1v) is 5.65. The second-order valence-electron chi connectivity index (χ2n) is 4.05. The molecule has 0 spiro atoms. The van der Waals surface area contributed by atoms with Crippen LogP contribution in [0.3, 0.4) is 0 Å².